The Morgan fingerprint density at radius 2 is 2.00 bits per heavy atom. The van der Waals surface area contributed by atoms with Crippen molar-refractivity contribution in [3.05, 3.63) is 71.7 Å². The number of allylic oxidation sites excluding steroid dienone is 2. The van der Waals surface area contributed by atoms with E-state index in [0.717, 1.165) is 36.0 Å². The van der Waals surface area contributed by atoms with E-state index < -0.39 is 21.6 Å². The first-order chi connectivity index (χ1) is 15.8. The highest BCUT2D eigenvalue weighted by molar-refractivity contribution is 7.90. The van der Waals surface area contributed by atoms with Crippen LogP contribution < -0.4 is 10.2 Å². The Labute approximate surface area is 194 Å². The first kappa shape index (κ1) is 22.7. The third-order valence-electron chi connectivity index (χ3n) is 4.89. The number of nitrogens with zero attached hydrogens (tertiary/aromatic N) is 5. The van der Waals surface area contributed by atoms with Crippen LogP contribution in [0.15, 0.2) is 53.8 Å². The van der Waals surface area contributed by atoms with Crippen LogP contribution in [-0.2, 0) is 16.3 Å². The van der Waals surface area contributed by atoms with Crippen molar-refractivity contribution in [3.63, 3.8) is 0 Å². The summed E-state index contributed by atoms with van der Waals surface area (Å²) in [5, 5.41) is 2.43. The molecule has 0 fully saturated rings. The first-order valence-electron chi connectivity index (χ1n) is 9.86. The summed E-state index contributed by atoms with van der Waals surface area (Å²) in [5.41, 5.74) is 1.98. The SMILES string of the molecule is CCc1cnc(N2C=CC(c3nsnc3C(=O)Nc3ccc(S(C)(=O)=O)cc3F)=CC2)nc1. The van der Waals surface area contributed by atoms with Gasteiger partial charge in [-0.2, -0.15) is 8.75 Å². The molecule has 0 saturated heterocycles. The number of amides is 1. The molecule has 2 aromatic heterocycles. The Bertz CT molecular complexity index is 1370. The number of halogens is 1. The van der Waals surface area contributed by atoms with Crippen LogP contribution >= 0.6 is 11.7 Å². The molecule has 1 N–H and O–H groups in total. The van der Waals surface area contributed by atoms with Crippen molar-refractivity contribution < 1.29 is 17.6 Å². The fourth-order valence-corrected chi connectivity index (χ4v) is 4.23. The lowest BCUT2D eigenvalue weighted by Gasteiger charge is -2.20. The number of sulfone groups is 1. The van der Waals surface area contributed by atoms with Crippen LogP contribution in [-0.4, -0.2) is 45.8 Å². The average Bonchev–Trinajstić information content (AvgIpc) is 3.30. The number of nitrogens with one attached hydrogen (secondary N) is 1. The molecule has 0 unspecified atom stereocenters. The highest BCUT2D eigenvalue weighted by Crippen LogP contribution is 2.25. The van der Waals surface area contributed by atoms with Gasteiger partial charge in [-0.15, -0.1) is 0 Å². The van der Waals surface area contributed by atoms with Crippen LogP contribution in [0.4, 0.5) is 16.0 Å². The quantitative estimate of drug-likeness (QED) is 0.565. The minimum absolute atomic E-state index is 0.0412. The van der Waals surface area contributed by atoms with Crippen LogP contribution in [0, 0.1) is 5.82 Å². The van der Waals surface area contributed by atoms with Gasteiger partial charge in [0.25, 0.3) is 5.91 Å². The van der Waals surface area contributed by atoms with Crippen molar-refractivity contribution in [2.75, 3.05) is 23.0 Å². The van der Waals surface area contributed by atoms with Crippen molar-refractivity contribution in [1.82, 2.24) is 18.7 Å². The van der Waals surface area contributed by atoms with Gasteiger partial charge in [-0.05, 0) is 36.3 Å². The normalized spacial score (nSPS) is 13.7. The molecule has 33 heavy (non-hydrogen) atoms. The fourth-order valence-electron chi connectivity index (χ4n) is 3.03. The summed E-state index contributed by atoms with van der Waals surface area (Å²) in [4.78, 5) is 23.1. The van der Waals surface area contributed by atoms with Gasteiger partial charge in [0.1, 0.15) is 11.5 Å². The van der Waals surface area contributed by atoms with Crippen LogP contribution in [0.2, 0.25) is 0 Å². The number of hydrogen-bond donors (Lipinski definition) is 1. The van der Waals surface area contributed by atoms with E-state index in [0.29, 0.717) is 23.8 Å². The maximum absolute atomic E-state index is 14.3. The predicted molar refractivity (Wildman–Crippen MR) is 123 cm³/mol. The molecule has 0 bridgehead atoms. The Hall–Kier alpha value is -3.51. The molecule has 170 valence electrons. The predicted octanol–water partition coefficient (Wildman–Crippen LogP) is 3.10. The van der Waals surface area contributed by atoms with Crippen molar-refractivity contribution in [3.8, 4) is 0 Å². The summed E-state index contributed by atoms with van der Waals surface area (Å²) in [6.45, 7) is 2.50. The number of anilines is 2. The highest BCUT2D eigenvalue weighted by atomic mass is 32.2. The molecule has 0 radical (unpaired) electrons. The van der Waals surface area contributed by atoms with Crippen molar-refractivity contribution >= 4 is 44.7 Å². The minimum Gasteiger partial charge on any atom is -0.318 e. The molecule has 9 nitrogen and oxygen atoms in total. The van der Waals surface area contributed by atoms with Gasteiger partial charge in [-0.3, -0.25) is 4.79 Å². The van der Waals surface area contributed by atoms with Crippen molar-refractivity contribution in [1.29, 1.82) is 0 Å². The minimum atomic E-state index is -3.56. The summed E-state index contributed by atoms with van der Waals surface area (Å²) in [6, 6.07) is 3.29. The smallest absolute Gasteiger partial charge is 0.277 e. The molecule has 1 aromatic carbocycles. The molecule has 4 rings (SSSR count). The van der Waals surface area contributed by atoms with E-state index in [2.05, 4.69) is 24.0 Å². The van der Waals surface area contributed by atoms with Gasteiger partial charge in [-0.1, -0.05) is 13.0 Å². The molecule has 0 saturated carbocycles. The van der Waals surface area contributed by atoms with Gasteiger partial charge in [0.05, 0.1) is 22.3 Å². The number of carbonyl (C=O) groups is 1. The molecule has 0 spiro atoms. The molecule has 12 heteroatoms. The molecule has 1 amide bonds. The highest BCUT2D eigenvalue weighted by Gasteiger charge is 2.22. The van der Waals surface area contributed by atoms with E-state index in [1.807, 2.05) is 17.9 Å². The summed E-state index contributed by atoms with van der Waals surface area (Å²) in [7, 11) is -3.56. The van der Waals surface area contributed by atoms with Gasteiger partial charge < -0.3 is 10.2 Å². The molecule has 3 heterocycles. The van der Waals surface area contributed by atoms with Crippen molar-refractivity contribution in [2.45, 2.75) is 18.2 Å². The molecule has 1 aliphatic rings. The molecular weight excluding hydrogens is 467 g/mol. The third kappa shape index (κ3) is 4.96. The number of aryl methyl sites for hydroxylation is 1. The topological polar surface area (TPSA) is 118 Å². The Balaban J connectivity index is 1.50. The van der Waals surface area contributed by atoms with E-state index in [-0.39, 0.29) is 16.3 Å². The lowest BCUT2D eigenvalue weighted by molar-refractivity contribution is 0.102. The van der Waals surface area contributed by atoms with Gasteiger partial charge in [0.2, 0.25) is 5.95 Å². The Kier molecular flexibility index (Phi) is 6.29. The van der Waals surface area contributed by atoms with E-state index in [9.17, 15) is 17.6 Å². The van der Waals surface area contributed by atoms with E-state index in [4.69, 9.17) is 0 Å². The van der Waals surface area contributed by atoms with E-state index >= 15 is 0 Å². The second-order valence-electron chi connectivity index (χ2n) is 7.20. The summed E-state index contributed by atoms with van der Waals surface area (Å²) in [5.74, 6) is -0.960. The van der Waals surface area contributed by atoms with Crippen LogP contribution in [0.5, 0.6) is 0 Å². The van der Waals surface area contributed by atoms with Crippen LogP contribution in [0.25, 0.3) is 5.57 Å². The lowest BCUT2D eigenvalue weighted by Crippen LogP contribution is -2.21. The summed E-state index contributed by atoms with van der Waals surface area (Å²) >= 11 is 0.863. The Morgan fingerprint density at radius 3 is 2.61 bits per heavy atom. The zero-order valence-electron chi connectivity index (χ0n) is 17.7. The molecular formula is C21H19FN6O3S2. The zero-order valence-corrected chi connectivity index (χ0v) is 19.3. The number of rotatable bonds is 6. The maximum Gasteiger partial charge on any atom is 0.277 e. The van der Waals surface area contributed by atoms with Gasteiger partial charge in [-0.25, -0.2) is 22.8 Å². The van der Waals surface area contributed by atoms with E-state index in [1.165, 1.54) is 12.1 Å². The molecule has 0 atom stereocenters. The largest absolute Gasteiger partial charge is 0.318 e. The maximum atomic E-state index is 14.3. The van der Waals surface area contributed by atoms with E-state index in [1.54, 1.807) is 24.7 Å². The Morgan fingerprint density at radius 1 is 1.24 bits per heavy atom. The standard InChI is InChI=1S/C21H19FN6O3S2/c1-3-13-11-23-21(24-12-13)28-8-6-14(7-9-28)18-19(27-32-26-18)20(29)25-17-5-4-15(10-16(17)22)33(2,30)31/h4-8,10-12H,3,9H2,1-2H3,(H,25,29). The van der Waals surface area contributed by atoms with Gasteiger partial charge >= 0.3 is 0 Å². The second kappa shape index (κ2) is 9.16. The monoisotopic (exact) mass is 486 g/mol. The third-order valence-corrected chi connectivity index (χ3v) is 6.53. The average molecular weight is 487 g/mol. The molecule has 1 aliphatic heterocycles. The van der Waals surface area contributed by atoms with Crippen LogP contribution in [0.1, 0.15) is 28.7 Å². The number of carbonyl (C=O) groups excluding carboxylic acids is 1. The molecule has 3 aromatic rings. The van der Waals surface area contributed by atoms with Gasteiger partial charge in [0, 0.05) is 37.0 Å². The lowest BCUT2D eigenvalue weighted by atomic mass is 10.1. The van der Waals surface area contributed by atoms with Crippen LogP contribution in [0.3, 0.4) is 0 Å². The van der Waals surface area contributed by atoms with Crippen molar-refractivity contribution in [2.24, 2.45) is 0 Å². The summed E-state index contributed by atoms with van der Waals surface area (Å²) in [6.07, 6.45) is 10.8. The number of aromatic nitrogens is 4. The first-order valence-corrected chi connectivity index (χ1v) is 12.5. The number of hydrogen-bond acceptors (Lipinski definition) is 9. The zero-order chi connectivity index (χ0) is 23.6. The molecule has 0 aliphatic carbocycles. The fraction of sp³-hybridized carbons (Fsp3) is 0.190. The second-order valence-corrected chi connectivity index (χ2v) is 9.75. The number of benzene rings is 1. The van der Waals surface area contributed by atoms with Gasteiger partial charge in [0.15, 0.2) is 15.5 Å². The summed E-state index contributed by atoms with van der Waals surface area (Å²) < 4.78 is 45.8.